The van der Waals surface area contributed by atoms with E-state index in [-0.39, 0.29) is 36.2 Å². The molecule has 1 saturated heterocycles. The van der Waals surface area contributed by atoms with E-state index in [1.54, 1.807) is 27.5 Å². The van der Waals surface area contributed by atoms with Gasteiger partial charge in [-0.2, -0.15) is 10.2 Å². The molecule has 0 radical (unpaired) electrons. The first-order chi connectivity index (χ1) is 18.7. The van der Waals surface area contributed by atoms with Crippen LogP contribution in [0.4, 0.5) is 0 Å². The summed E-state index contributed by atoms with van der Waals surface area (Å²) in [7, 11) is 1.30. The predicted octanol–water partition coefficient (Wildman–Crippen LogP) is 2.85. The summed E-state index contributed by atoms with van der Waals surface area (Å²) in [5, 5.41) is 15.1. The highest BCUT2D eigenvalue weighted by molar-refractivity contribution is 6.04. The molecular weight excluding hydrogens is 498 g/mol. The molecule has 4 heterocycles. The highest BCUT2D eigenvalue weighted by Gasteiger charge is 2.53. The van der Waals surface area contributed by atoms with Crippen LogP contribution in [0.1, 0.15) is 80.8 Å². The summed E-state index contributed by atoms with van der Waals surface area (Å²) in [6.45, 7) is 6.70. The Kier molecular flexibility index (Phi) is 7.42. The molecule has 3 atom stereocenters. The molecule has 11 heteroatoms. The van der Waals surface area contributed by atoms with Crippen LogP contribution >= 0.6 is 0 Å². The Morgan fingerprint density at radius 3 is 2.64 bits per heavy atom. The van der Waals surface area contributed by atoms with E-state index in [9.17, 15) is 14.4 Å². The minimum absolute atomic E-state index is 0.126. The number of carbonyl (C=O) groups excluding carboxylic acids is 3. The fourth-order valence-electron chi connectivity index (χ4n) is 6.16. The van der Waals surface area contributed by atoms with Gasteiger partial charge in [0.25, 0.3) is 5.91 Å². The molecule has 208 valence electrons. The van der Waals surface area contributed by atoms with Crippen molar-refractivity contribution in [2.45, 2.75) is 77.9 Å². The quantitative estimate of drug-likeness (QED) is 0.335. The Bertz CT molecular complexity index is 1360. The van der Waals surface area contributed by atoms with Crippen molar-refractivity contribution in [1.82, 2.24) is 35.0 Å². The van der Waals surface area contributed by atoms with Gasteiger partial charge in [-0.05, 0) is 63.1 Å². The molecule has 1 saturated carbocycles. The highest BCUT2D eigenvalue weighted by Crippen LogP contribution is 2.37. The maximum Gasteiger partial charge on any atom is 0.321 e. The van der Waals surface area contributed by atoms with E-state index in [0.717, 1.165) is 31.4 Å². The zero-order valence-electron chi connectivity index (χ0n) is 23.0. The van der Waals surface area contributed by atoms with Gasteiger partial charge < -0.3 is 15.4 Å². The number of nitrogens with zero attached hydrogens (tertiary/aromatic N) is 5. The van der Waals surface area contributed by atoms with Crippen LogP contribution in [0.15, 0.2) is 30.6 Å². The van der Waals surface area contributed by atoms with Crippen LogP contribution in [0.2, 0.25) is 0 Å². The predicted molar refractivity (Wildman–Crippen MR) is 143 cm³/mol. The summed E-state index contributed by atoms with van der Waals surface area (Å²) in [6, 6.07) is 4.95. The smallest absolute Gasteiger partial charge is 0.321 e. The van der Waals surface area contributed by atoms with Crippen molar-refractivity contribution in [1.29, 1.82) is 0 Å². The van der Waals surface area contributed by atoms with Gasteiger partial charge in [-0.15, -0.1) is 0 Å². The Labute approximate surface area is 227 Å². The van der Waals surface area contributed by atoms with Crippen molar-refractivity contribution in [3.05, 3.63) is 47.7 Å². The standard InChI is InChI=1S/C28H37N7O4/c1-5-34-22(12-13-29-34)25(36)32-24(19-8-6-17(2)7-9-19)21-16-35-23(31-21)11-10-20(33-35)15-28(27(38)39-4)14-18(3)30-26(28)37/h10-13,16-19,24H,5-9,14-15H2,1-4H3,(H,30,37)(H,32,36)/t17-,18-,19-,24+,28?/m1/s1. The van der Waals surface area contributed by atoms with E-state index in [2.05, 4.69) is 22.7 Å². The lowest BCUT2D eigenvalue weighted by Crippen LogP contribution is -2.41. The third-order valence-electron chi connectivity index (χ3n) is 8.31. The lowest BCUT2D eigenvalue weighted by Gasteiger charge is -2.32. The third-order valence-corrected chi connectivity index (χ3v) is 8.31. The van der Waals surface area contributed by atoms with E-state index < -0.39 is 11.4 Å². The maximum absolute atomic E-state index is 13.3. The van der Waals surface area contributed by atoms with Gasteiger partial charge in [0, 0.05) is 25.2 Å². The van der Waals surface area contributed by atoms with Gasteiger partial charge in [0.2, 0.25) is 5.91 Å². The molecule has 3 aromatic heterocycles. The number of aromatic nitrogens is 5. The molecule has 2 aliphatic rings. The number of carbonyl (C=O) groups is 3. The Hall–Kier alpha value is -3.76. The summed E-state index contributed by atoms with van der Waals surface area (Å²) in [6.07, 6.45) is 8.17. The van der Waals surface area contributed by atoms with Crippen LogP contribution in [0, 0.1) is 17.3 Å². The van der Waals surface area contributed by atoms with Crippen LogP contribution in [0.25, 0.3) is 5.65 Å². The van der Waals surface area contributed by atoms with Gasteiger partial charge in [0.15, 0.2) is 11.1 Å². The summed E-state index contributed by atoms with van der Waals surface area (Å²) in [4.78, 5) is 43.7. The molecule has 1 unspecified atom stereocenters. The second kappa shape index (κ2) is 10.8. The van der Waals surface area contributed by atoms with Crippen molar-refractivity contribution in [3.8, 4) is 0 Å². The molecule has 2 fully saturated rings. The van der Waals surface area contributed by atoms with Crippen molar-refractivity contribution in [2.24, 2.45) is 17.3 Å². The molecule has 5 rings (SSSR count). The van der Waals surface area contributed by atoms with Crippen LogP contribution in [0.5, 0.6) is 0 Å². The molecule has 2 amide bonds. The van der Waals surface area contributed by atoms with Crippen LogP contribution in [0.3, 0.4) is 0 Å². The minimum atomic E-state index is -1.31. The van der Waals surface area contributed by atoms with Crippen molar-refractivity contribution in [3.63, 3.8) is 0 Å². The van der Waals surface area contributed by atoms with Gasteiger partial charge in [-0.1, -0.05) is 19.8 Å². The first kappa shape index (κ1) is 26.8. The monoisotopic (exact) mass is 535 g/mol. The number of rotatable bonds is 8. The maximum atomic E-state index is 13.3. The van der Waals surface area contributed by atoms with Crippen molar-refractivity contribution >= 4 is 23.4 Å². The summed E-state index contributed by atoms with van der Waals surface area (Å²) >= 11 is 0. The summed E-state index contributed by atoms with van der Waals surface area (Å²) in [5.74, 6) is -0.153. The fraction of sp³-hybridized carbons (Fsp3) is 0.571. The topological polar surface area (TPSA) is 133 Å². The van der Waals surface area contributed by atoms with E-state index in [4.69, 9.17) is 14.8 Å². The Morgan fingerprint density at radius 2 is 1.97 bits per heavy atom. The van der Waals surface area contributed by atoms with Crippen LogP contribution < -0.4 is 10.6 Å². The Morgan fingerprint density at radius 1 is 1.21 bits per heavy atom. The number of methoxy groups -OCH3 is 1. The zero-order valence-corrected chi connectivity index (χ0v) is 23.0. The SMILES string of the molecule is CCn1nccc1C(=O)N[C@H](c1cn2nc(CC3(C(=O)OC)C[C@@H](C)NC3=O)ccc2n1)[C@H]1CC[C@H](C)CC1. The van der Waals surface area contributed by atoms with Gasteiger partial charge in [-0.3, -0.25) is 19.1 Å². The third kappa shape index (κ3) is 5.14. The van der Waals surface area contributed by atoms with E-state index in [1.807, 2.05) is 26.1 Å². The van der Waals surface area contributed by atoms with Gasteiger partial charge in [0.05, 0.1) is 30.7 Å². The number of ether oxygens (including phenoxy) is 1. The number of hydrogen-bond donors (Lipinski definition) is 2. The average Bonchev–Trinajstić information content (AvgIpc) is 3.64. The van der Waals surface area contributed by atoms with E-state index >= 15 is 0 Å². The number of hydrogen-bond acceptors (Lipinski definition) is 7. The lowest BCUT2D eigenvalue weighted by molar-refractivity contribution is -0.156. The summed E-state index contributed by atoms with van der Waals surface area (Å²) < 4.78 is 8.38. The first-order valence-electron chi connectivity index (χ1n) is 13.8. The van der Waals surface area contributed by atoms with Crippen LogP contribution in [-0.4, -0.2) is 55.3 Å². The Balaban J connectivity index is 1.45. The van der Waals surface area contributed by atoms with E-state index in [0.29, 0.717) is 35.9 Å². The molecule has 1 aliphatic carbocycles. The molecule has 0 spiro atoms. The molecule has 39 heavy (non-hydrogen) atoms. The second-order valence-corrected chi connectivity index (χ2v) is 11.1. The lowest BCUT2D eigenvalue weighted by atomic mass is 9.78. The first-order valence-corrected chi connectivity index (χ1v) is 13.8. The van der Waals surface area contributed by atoms with Crippen LogP contribution in [-0.2, 0) is 27.3 Å². The average molecular weight is 536 g/mol. The molecule has 2 N–H and O–H groups in total. The van der Waals surface area contributed by atoms with Crippen molar-refractivity contribution < 1.29 is 19.1 Å². The van der Waals surface area contributed by atoms with Gasteiger partial charge >= 0.3 is 5.97 Å². The number of nitrogens with one attached hydrogen (secondary N) is 2. The van der Waals surface area contributed by atoms with Crippen molar-refractivity contribution in [2.75, 3.05) is 7.11 Å². The molecule has 0 bridgehead atoms. The number of esters is 1. The van der Waals surface area contributed by atoms with E-state index in [1.165, 1.54) is 7.11 Å². The molecular formula is C28H37N7O4. The molecule has 3 aromatic rings. The second-order valence-electron chi connectivity index (χ2n) is 11.1. The van der Waals surface area contributed by atoms with Gasteiger partial charge in [-0.25, -0.2) is 9.50 Å². The summed E-state index contributed by atoms with van der Waals surface area (Å²) in [5.41, 5.74) is 1.17. The number of imidazole rings is 1. The van der Waals surface area contributed by atoms with Gasteiger partial charge in [0.1, 0.15) is 5.69 Å². The molecule has 1 aliphatic heterocycles. The molecule has 0 aromatic carbocycles. The fourth-order valence-corrected chi connectivity index (χ4v) is 6.16. The zero-order chi connectivity index (χ0) is 27.7. The number of fused-ring (bicyclic) bond motifs is 1. The minimum Gasteiger partial charge on any atom is -0.468 e. The number of amides is 2. The largest absolute Gasteiger partial charge is 0.468 e. The highest BCUT2D eigenvalue weighted by atomic mass is 16.5. The molecule has 11 nitrogen and oxygen atoms in total. The number of aryl methyl sites for hydroxylation is 1. The normalized spacial score (nSPS) is 25.8.